The number of thiazole rings is 2. The van der Waals surface area contributed by atoms with Crippen LogP contribution in [0.1, 0.15) is 22.3 Å². The number of aryl methyl sites for hydroxylation is 2. The van der Waals surface area contributed by atoms with Crippen molar-refractivity contribution in [1.29, 1.82) is 0 Å². The molecule has 217 valence electrons. The molecule has 0 bridgehead atoms. The molecule has 0 aliphatic rings. The average Bonchev–Trinajstić information content (AvgIpc) is 3.68. The normalized spacial score (nSPS) is 10.8. The molecule has 0 saturated carbocycles. The second-order valence-corrected chi connectivity index (χ2v) is 11.0. The summed E-state index contributed by atoms with van der Waals surface area (Å²) in [6.45, 7) is 4.11. The minimum Gasteiger partial charge on any atom is -0.872 e. The number of benzene rings is 4. The van der Waals surface area contributed by atoms with Gasteiger partial charge in [0.15, 0.2) is 0 Å². The number of aromatic nitrogens is 2. The van der Waals surface area contributed by atoms with E-state index in [1.54, 1.807) is 36.7 Å². The molecule has 0 spiro atoms. The summed E-state index contributed by atoms with van der Waals surface area (Å²) in [4.78, 5) is 17.5. The van der Waals surface area contributed by atoms with Crippen LogP contribution >= 0.6 is 22.7 Å². The summed E-state index contributed by atoms with van der Waals surface area (Å²) in [5.41, 5.74) is 7.54. The van der Waals surface area contributed by atoms with E-state index in [1.165, 1.54) is 45.9 Å². The van der Waals surface area contributed by atoms with Crippen molar-refractivity contribution in [1.82, 2.24) is 9.97 Å². The van der Waals surface area contributed by atoms with Crippen molar-refractivity contribution < 1.29 is 27.3 Å². The molecule has 0 N–H and O–H groups in total. The summed E-state index contributed by atoms with van der Waals surface area (Å²) in [6, 6.07) is 30.1. The molecule has 0 unspecified atom stereocenters. The molecule has 0 saturated heterocycles. The summed E-state index contributed by atoms with van der Waals surface area (Å²) in [5, 5.41) is 28.4. The minimum atomic E-state index is -0.0310. The van der Waals surface area contributed by atoms with Gasteiger partial charge in [-0.15, -0.1) is 34.2 Å². The Morgan fingerprint density at radius 3 is 1.30 bits per heavy atom. The monoisotopic (exact) mass is 649 g/mol. The molecule has 6 aromatic rings. The van der Waals surface area contributed by atoms with Crippen LogP contribution in [0, 0.1) is 13.8 Å². The number of nitrogens with zero attached hydrogens (tertiary/aromatic N) is 4. The van der Waals surface area contributed by atoms with Crippen molar-refractivity contribution in [3.63, 3.8) is 0 Å². The first-order valence-electron chi connectivity index (χ1n) is 13.1. The first-order valence-corrected chi connectivity index (χ1v) is 14.9. The third-order valence-electron chi connectivity index (χ3n) is 6.14. The Hall–Kier alpha value is -4.40. The number of hydrogen-bond donors (Lipinski definition) is 0. The van der Waals surface area contributed by atoms with E-state index in [0.29, 0.717) is 21.4 Å². The van der Waals surface area contributed by atoms with Crippen molar-refractivity contribution in [3.05, 3.63) is 130 Å². The molecule has 0 amide bonds. The molecule has 6 rings (SSSR count). The second kappa shape index (κ2) is 15.2. The molecular weight excluding hydrogens is 624 g/mol. The SMILES string of the molecule is Cc1ccc(-c2csc(/N=C/c3ccccc3[O-])n2)cc1.Cc1ccc(-c2csc(/N=C/c3ccccc3[O-])n2)cc1.[Cu+2]. The largest absolute Gasteiger partial charge is 2.00 e. The van der Waals surface area contributed by atoms with Crippen molar-refractivity contribution >= 4 is 45.4 Å². The molecule has 0 atom stereocenters. The third-order valence-corrected chi connectivity index (χ3v) is 7.64. The summed E-state index contributed by atoms with van der Waals surface area (Å²) in [7, 11) is 0. The molecule has 0 fully saturated rings. The zero-order valence-corrected chi connectivity index (χ0v) is 25.8. The Morgan fingerprint density at radius 1 is 0.558 bits per heavy atom. The van der Waals surface area contributed by atoms with E-state index < -0.39 is 0 Å². The van der Waals surface area contributed by atoms with Crippen LogP contribution in [0.25, 0.3) is 22.5 Å². The maximum atomic E-state index is 11.6. The fraction of sp³-hybridized carbons (Fsp3) is 0.0588. The molecule has 43 heavy (non-hydrogen) atoms. The molecule has 2 aromatic heterocycles. The number of hydrogen-bond acceptors (Lipinski definition) is 8. The first kappa shape index (κ1) is 31.5. The van der Waals surface area contributed by atoms with E-state index in [9.17, 15) is 10.2 Å². The maximum Gasteiger partial charge on any atom is 2.00 e. The Bertz CT molecular complexity index is 1690. The quantitative estimate of drug-likeness (QED) is 0.135. The fourth-order valence-corrected chi connectivity index (χ4v) is 5.13. The maximum absolute atomic E-state index is 11.6. The van der Waals surface area contributed by atoms with Crippen molar-refractivity contribution in [2.75, 3.05) is 0 Å². The fourth-order valence-electron chi connectivity index (χ4n) is 3.78. The summed E-state index contributed by atoms with van der Waals surface area (Å²) in [5.74, 6) is -0.0619. The predicted molar refractivity (Wildman–Crippen MR) is 171 cm³/mol. The molecule has 0 aliphatic heterocycles. The van der Waals surface area contributed by atoms with Gasteiger partial charge in [0.1, 0.15) is 0 Å². The van der Waals surface area contributed by atoms with Crippen LogP contribution in [-0.4, -0.2) is 22.4 Å². The van der Waals surface area contributed by atoms with E-state index in [4.69, 9.17) is 0 Å². The molecule has 2 heterocycles. The summed E-state index contributed by atoms with van der Waals surface area (Å²) >= 11 is 2.93. The first-order chi connectivity index (χ1) is 20.4. The van der Waals surface area contributed by atoms with Gasteiger partial charge in [-0.3, -0.25) is 0 Å². The molecule has 6 nitrogen and oxygen atoms in total. The number of para-hydroxylation sites is 2. The summed E-state index contributed by atoms with van der Waals surface area (Å²) in [6.07, 6.45) is 3.14. The van der Waals surface area contributed by atoms with Gasteiger partial charge >= 0.3 is 17.1 Å². The van der Waals surface area contributed by atoms with Gasteiger partial charge in [0.05, 0.1) is 11.4 Å². The Labute approximate surface area is 269 Å². The zero-order valence-electron chi connectivity index (χ0n) is 23.3. The third kappa shape index (κ3) is 8.80. The van der Waals surface area contributed by atoms with Gasteiger partial charge in [-0.1, -0.05) is 108 Å². The van der Waals surface area contributed by atoms with Gasteiger partial charge in [0, 0.05) is 34.3 Å². The van der Waals surface area contributed by atoms with E-state index in [1.807, 2.05) is 47.2 Å². The van der Waals surface area contributed by atoms with Crippen LogP contribution in [0.2, 0.25) is 0 Å². The average molecular weight is 650 g/mol. The number of aliphatic imine (C=N–C) groups is 2. The second-order valence-electron chi connectivity index (χ2n) is 9.35. The van der Waals surface area contributed by atoms with Gasteiger partial charge < -0.3 is 10.2 Å². The van der Waals surface area contributed by atoms with E-state index >= 15 is 0 Å². The van der Waals surface area contributed by atoms with Crippen LogP contribution in [0.4, 0.5) is 10.3 Å². The number of rotatable bonds is 6. The minimum absolute atomic E-state index is 0. The van der Waals surface area contributed by atoms with Gasteiger partial charge in [-0.2, -0.15) is 0 Å². The van der Waals surface area contributed by atoms with Crippen molar-refractivity contribution in [2.45, 2.75) is 13.8 Å². The standard InChI is InChI=1S/2C17H14N2OS.Cu/c2*1-12-6-8-13(9-7-12)15-11-21-17(19-15)18-10-14-4-2-3-5-16(14)20;/h2*2-11,20H,1H3;/q;;+2/p-2/b2*18-10+;. The zero-order chi connectivity index (χ0) is 29.3. The molecule has 1 radical (unpaired) electrons. The topological polar surface area (TPSA) is 96.6 Å². The van der Waals surface area contributed by atoms with Gasteiger partial charge in [0.2, 0.25) is 10.3 Å². The molecule has 0 aliphatic carbocycles. The Kier molecular flexibility index (Phi) is 11.1. The molecule has 4 aromatic carbocycles. The van der Waals surface area contributed by atoms with Crippen molar-refractivity contribution in [2.24, 2.45) is 9.98 Å². The van der Waals surface area contributed by atoms with Gasteiger partial charge in [-0.25, -0.2) is 20.0 Å². The van der Waals surface area contributed by atoms with Crippen LogP contribution in [-0.2, 0) is 17.1 Å². The molecular formula is C34H26CuN4O2S2. The van der Waals surface area contributed by atoms with Crippen LogP contribution in [0.3, 0.4) is 0 Å². The predicted octanol–water partition coefficient (Wildman–Crippen LogP) is 7.88. The van der Waals surface area contributed by atoms with Gasteiger partial charge in [-0.05, 0) is 25.0 Å². The van der Waals surface area contributed by atoms with Gasteiger partial charge in [0.25, 0.3) is 0 Å². The van der Waals surface area contributed by atoms with E-state index in [0.717, 1.165) is 22.5 Å². The van der Waals surface area contributed by atoms with Crippen LogP contribution in [0.5, 0.6) is 11.5 Å². The Balaban J connectivity index is 0.000000192. The van der Waals surface area contributed by atoms with E-state index in [2.05, 4.69) is 58.1 Å². The van der Waals surface area contributed by atoms with Crippen LogP contribution < -0.4 is 10.2 Å². The van der Waals surface area contributed by atoms with Crippen LogP contribution in [0.15, 0.2) is 118 Å². The Morgan fingerprint density at radius 2 is 0.930 bits per heavy atom. The van der Waals surface area contributed by atoms with Crippen molar-refractivity contribution in [3.8, 4) is 34.0 Å². The molecule has 9 heteroatoms. The summed E-state index contributed by atoms with van der Waals surface area (Å²) < 4.78 is 0. The van der Waals surface area contributed by atoms with E-state index in [-0.39, 0.29) is 28.6 Å². The smallest absolute Gasteiger partial charge is 0.872 e.